The Morgan fingerprint density at radius 3 is 2.82 bits per heavy atom. The van der Waals surface area contributed by atoms with Crippen molar-refractivity contribution in [2.45, 2.75) is 64.4 Å². The Kier molecular flexibility index (Phi) is 7.66. The molecule has 3 rings (SSSR count). The first-order valence-corrected chi connectivity index (χ1v) is 10.6. The van der Waals surface area contributed by atoms with E-state index in [-0.39, 0.29) is 12.5 Å². The topological polar surface area (TPSA) is 62.7 Å². The number of aliphatic carboxylic acids is 1. The lowest BCUT2D eigenvalue weighted by Gasteiger charge is -2.32. The van der Waals surface area contributed by atoms with Crippen molar-refractivity contribution in [3.8, 4) is 5.75 Å². The first kappa shape index (κ1) is 20.6. The smallest absolute Gasteiger partial charge is 0.303 e. The average molecular weight is 385 g/mol. The minimum absolute atomic E-state index is 0.224. The van der Waals surface area contributed by atoms with E-state index >= 15 is 0 Å². The monoisotopic (exact) mass is 384 g/mol. The van der Waals surface area contributed by atoms with E-state index in [1.807, 2.05) is 12.3 Å². The van der Waals surface area contributed by atoms with Crippen LogP contribution in [0.15, 0.2) is 30.5 Å². The van der Waals surface area contributed by atoms with Crippen molar-refractivity contribution < 1.29 is 14.6 Å². The van der Waals surface area contributed by atoms with Gasteiger partial charge in [0.2, 0.25) is 0 Å². The number of hydrogen-bond acceptors (Lipinski definition) is 4. The first-order chi connectivity index (χ1) is 13.7. The summed E-state index contributed by atoms with van der Waals surface area (Å²) in [5.41, 5.74) is 2.28. The van der Waals surface area contributed by atoms with Crippen LogP contribution >= 0.6 is 0 Å². The summed E-state index contributed by atoms with van der Waals surface area (Å²) in [6.07, 6.45) is 9.50. The molecule has 0 atom stereocenters. The standard InChI is InChI=1S/C23H32N2O3/c1-2-3-7-18-16-19-8-6-12-24-23(19)21(17-18)28-20-10-14-25(15-11-20)13-5-4-9-22(26)27/h6,8,12,16-17,20H,2-5,7,9-11,13-15H2,1H3,(H,26,27). The maximum Gasteiger partial charge on any atom is 0.303 e. The van der Waals surface area contributed by atoms with Crippen LogP contribution in [0.2, 0.25) is 0 Å². The van der Waals surface area contributed by atoms with Crippen LogP contribution in [-0.2, 0) is 11.2 Å². The van der Waals surface area contributed by atoms with Gasteiger partial charge in [-0.15, -0.1) is 0 Å². The number of aryl methyl sites for hydroxylation is 1. The molecule has 1 saturated heterocycles. The first-order valence-electron chi connectivity index (χ1n) is 10.6. The summed E-state index contributed by atoms with van der Waals surface area (Å²) in [5, 5.41) is 9.89. The average Bonchev–Trinajstić information content (AvgIpc) is 2.70. The summed E-state index contributed by atoms with van der Waals surface area (Å²) in [5.74, 6) is 0.221. The SMILES string of the molecule is CCCCc1cc(OC2CCN(CCCCC(=O)O)CC2)c2ncccc2c1. The number of carboxylic acid groups (broad SMARTS) is 1. The van der Waals surface area contributed by atoms with Crippen LogP contribution in [0.25, 0.3) is 10.9 Å². The number of nitrogens with zero attached hydrogens (tertiary/aromatic N) is 2. The second-order valence-corrected chi connectivity index (χ2v) is 7.78. The van der Waals surface area contributed by atoms with Gasteiger partial charge < -0.3 is 14.7 Å². The molecule has 1 N–H and O–H groups in total. The molecule has 0 unspecified atom stereocenters. The third-order valence-corrected chi connectivity index (χ3v) is 5.49. The highest BCUT2D eigenvalue weighted by molar-refractivity contribution is 5.85. The minimum atomic E-state index is -0.700. The fourth-order valence-electron chi connectivity index (χ4n) is 3.88. The molecule has 1 aromatic carbocycles. The van der Waals surface area contributed by atoms with E-state index in [2.05, 4.69) is 35.0 Å². The zero-order valence-corrected chi connectivity index (χ0v) is 16.9. The molecule has 28 heavy (non-hydrogen) atoms. The van der Waals surface area contributed by atoms with Gasteiger partial charge in [0.25, 0.3) is 0 Å². The van der Waals surface area contributed by atoms with Crippen LogP contribution in [0, 0.1) is 0 Å². The number of unbranched alkanes of at least 4 members (excludes halogenated alkanes) is 2. The fraction of sp³-hybridized carbons (Fsp3) is 0.565. The van der Waals surface area contributed by atoms with Gasteiger partial charge in [-0.05, 0) is 68.8 Å². The molecule has 2 heterocycles. The quantitative estimate of drug-likeness (QED) is 0.603. The molecule has 1 fully saturated rings. The van der Waals surface area contributed by atoms with Crippen LogP contribution in [-0.4, -0.2) is 46.7 Å². The fourth-order valence-corrected chi connectivity index (χ4v) is 3.88. The number of likely N-dealkylation sites (tertiary alicyclic amines) is 1. The van der Waals surface area contributed by atoms with Crippen LogP contribution in [0.3, 0.4) is 0 Å². The highest BCUT2D eigenvalue weighted by atomic mass is 16.5. The largest absolute Gasteiger partial charge is 0.488 e. The second kappa shape index (κ2) is 10.4. The molecule has 1 aromatic heterocycles. The Labute approximate surface area is 167 Å². The number of piperidine rings is 1. The van der Waals surface area contributed by atoms with E-state index in [0.717, 1.165) is 68.4 Å². The molecule has 2 aromatic rings. The second-order valence-electron chi connectivity index (χ2n) is 7.78. The minimum Gasteiger partial charge on any atom is -0.488 e. The van der Waals surface area contributed by atoms with Gasteiger partial charge in [-0.3, -0.25) is 9.78 Å². The third-order valence-electron chi connectivity index (χ3n) is 5.49. The maximum absolute atomic E-state index is 10.6. The molecule has 0 amide bonds. The van der Waals surface area contributed by atoms with Gasteiger partial charge in [0, 0.05) is 31.1 Å². The van der Waals surface area contributed by atoms with Crippen LogP contribution in [0.1, 0.15) is 57.4 Å². The number of aromatic nitrogens is 1. The van der Waals surface area contributed by atoms with Crippen LogP contribution < -0.4 is 4.74 Å². The number of benzene rings is 1. The molecule has 0 spiro atoms. The summed E-state index contributed by atoms with van der Waals surface area (Å²) >= 11 is 0. The van der Waals surface area contributed by atoms with Gasteiger partial charge in [0.1, 0.15) is 17.4 Å². The van der Waals surface area contributed by atoms with Crippen molar-refractivity contribution in [3.05, 3.63) is 36.0 Å². The third kappa shape index (κ3) is 5.93. The number of ether oxygens (including phenoxy) is 1. The van der Waals surface area contributed by atoms with Gasteiger partial charge in [0.05, 0.1) is 0 Å². The number of hydrogen-bond donors (Lipinski definition) is 1. The zero-order valence-electron chi connectivity index (χ0n) is 16.9. The van der Waals surface area contributed by atoms with E-state index in [1.165, 1.54) is 18.4 Å². The molecule has 0 aliphatic carbocycles. The van der Waals surface area contributed by atoms with Gasteiger partial charge in [-0.1, -0.05) is 19.4 Å². The molecule has 0 saturated carbocycles. The van der Waals surface area contributed by atoms with Gasteiger partial charge in [0.15, 0.2) is 0 Å². The molecular weight excluding hydrogens is 352 g/mol. The Balaban J connectivity index is 1.57. The number of carbonyl (C=O) groups is 1. The van der Waals surface area contributed by atoms with Crippen molar-refractivity contribution in [1.29, 1.82) is 0 Å². The van der Waals surface area contributed by atoms with Crippen molar-refractivity contribution in [2.24, 2.45) is 0 Å². The number of carboxylic acids is 1. The predicted octanol–water partition coefficient (Wildman–Crippen LogP) is 4.68. The molecule has 0 radical (unpaired) electrons. The van der Waals surface area contributed by atoms with E-state index in [0.29, 0.717) is 0 Å². The van der Waals surface area contributed by atoms with E-state index in [9.17, 15) is 4.79 Å². The molecule has 0 bridgehead atoms. The zero-order chi connectivity index (χ0) is 19.8. The lowest BCUT2D eigenvalue weighted by molar-refractivity contribution is -0.137. The van der Waals surface area contributed by atoms with Crippen molar-refractivity contribution in [3.63, 3.8) is 0 Å². The van der Waals surface area contributed by atoms with Crippen molar-refractivity contribution in [1.82, 2.24) is 9.88 Å². The molecule has 1 aliphatic rings. The summed E-state index contributed by atoms with van der Waals surface area (Å²) in [4.78, 5) is 17.6. The Morgan fingerprint density at radius 2 is 2.07 bits per heavy atom. The highest BCUT2D eigenvalue weighted by Gasteiger charge is 2.21. The van der Waals surface area contributed by atoms with Crippen LogP contribution in [0.5, 0.6) is 5.75 Å². The van der Waals surface area contributed by atoms with Crippen molar-refractivity contribution >= 4 is 16.9 Å². The molecule has 5 nitrogen and oxygen atoms in total. The summed E-state index contributed by atoms with van der Waals surface area (Å²) < 4.78 is 6.43. The van der Waals surface area contributed by atoms with Gasteiger partial charge >= 0.3 is 5.97 Å². The molecular formula is C23H32N2O3. The molecule has 152 valence electrons. The number of rotatable bonds is 10. The molecule has 1 aliphatic heterocycles. The highest BCUT2D eigenvalue weighted by Crippen LogP contribution is 2.29. The van der Waals surface area contributed by atoms with Crippen molar-refractivity contribution in [2.75, 3.05) is 19.6 Å². The Bertz CT molecular complexity index is 770. The number of pyridine rings is 1. The lowest BCUT2D eigenvalue weighted by Crippen LogP contribution is -2.38. The lowest BCUT2D eigenvalue weighted by atomic mass is 10.0. The normalized spacial score (nSPS) is 15.8. The van der Waals surface area contributed by atoms with Gasteiger partial charge in [-0.2, -0.15) is 0 Å². The van der Waals surface area contributed by atoms with Gasteiger partial charge in [-0.25, -0.2) is 0 Å². The summed E-state index contributed by atoms with van der Waals surface area (Å²) in [7, 11) is 0. The Hall–Kier alpha value is -2.14. The van der Waals surface area contributed by atoms with E-state index < -0.39 is 5.97 Å². The molecule has 5 heteroatoms. The van der Waals surface area contributed by atoms with Crippen LogP contribution in [0.4, 0.5) is 0 Å². The predicted molar refractivity (Wildman–Crippen MR) is 112 cm³/mol. The summed E-state index contributed by atoms with van der Waals surface area (Å²) in [6.45, 7) is 5.23. The Morgan fingerprint density at radius 1 is 1.25 bits per heavy atom. The maximum atomic E-state index is 10.6. The van der Waals surface area contributed by atoms with E-state index in [4.69, 9.17) is 9.84 Å². The summed E-state index contributed by atoms with van der Waals surface area (Å²) in [6, 6.07) is 8.52. The number of fused-ring (bicyclic) bond motifs is 1. The van der Waals surface area contributed by atoms with E-state index in [1.54, 1.807) is 0 Å².